The maximum atomic E-state index is 7.22. The fraction of sp³-hybridized carbons (Fsp3) is 0.364. The minimum Gasteiger partial charge on any atom is -0.491 e. The summed E-state index contributed by atoms with van der Waals surface area (Å²) in [5.41, 5.74) is 6.42. The van der Waals surface area contributed by atoms with E-state index in [1.807, 2.05) is 32.0 Å². The Labute approximate surface area is 94.7 Å². The summed E-state index contributed by atoms with van der Waals surface area (Å²) in [5, 5.41) is 7.81. The van der Waals surface area contributed by atoms with Gasteiger partial charge in [0.05, 0.1) is 17.5 Å². The number of amidine groups is 1. The Hall–Kier alpha value is -1.22. The molecule has 0 heterocycles. The molecule has 0 aliphatic heterocycles. The number of halogens is 1. The van der Waals surface area contributed by atoms with E-state index in [1.54, 1.807) is 0 Å². The molecule has 3 N–H and O–H groups in total. The maximum Gasteiger partial charge on any atom is 0.137 e. The van der Waals surface area contributed by atoms with Crippen molar-refractivity contribution in [2.45, 2.75) is 13.8 Å². The fourth-order valence-corrected chi connectivity index (χ4v) is 1.32. The van der Waals surface area contributed by atoms with Gasteiger partial charge in [0, 0.05) is 5.92 Å². The lowest BCUT2D eigenvalue weighted by atomic mass is 10.2. The van der Waals surface area contributed by atoms with E-state index >= 15 is 0 Å². The average molecular weight is 227 g/mol. The Morgan fingerprint density at radius 2 is 2.27 bits per heavy atom. The molecule has 0 aliphatic carbocycles. The molecule has 0 radical (unpaired) electrons. The number of hydrogen-bond donors (Lipinski definition) is 2. The summed E-state index contributed by atoms with van der Waals surface area (Å²) in [6.45, 7) is 4.18. The molecule has 0 aromatic heterocycles. The smallest absolute Gasteiger partial charge is 0.137 e. The lowest BCUT2D eigenvalue weighted by Crippen LogP contribution is -2.25. The van der Waals surface area contributed by atoms with Crippen LogP contribution in [0.5, 0.6) is 5.75 Å². The monoisotopic (exact) mass is 226 g/mol. The predicted octanol–water partition coefficient (Wildman–Crippen LogP) is 2.60. The van der Waals surface area contributed by atoms with E-state index < -0.39 is 0 Å². The van der Waals surface area contributed by atoms with Crippen molar-refractivity contribution in [1.29, 1.82) is 5.41 Å². The first-order valence-electron chi connectivity index (χ1n) is 4.73. The summed E-state index contributed by atoms with van der Waals surface area (Å²) in [6, 6.07) is 5.60. The highest BCUT2D eigenvalue weighted by Crippen LogP contribution is 2.25. The third-order valence-corrected chi connectivity index (χ3v) is 2.40. The van der Waals surface area contributed by atoms with Crippen LogP contribution in [0, 0.1) is 18.3 Å². The first-order valence-corrected chi connectivity index (χ1v) is 5.11. The van der Waals surface area contributed by atoms with Crippen LogP contribution in [0.25, 0.3) is 0 Å². The molecule has 0 fully saturated rings. The van der Waals surface area contributed by atoms with Gasteiger partial charge in [0.25, 0.3) is 0 Å². The second kappa shape index (κ2) is 5.03. The van der Waals surface area contributed by atoms with Crippen LogP contribution in [0.15, 0.2) is 18.2 Å². The Morgan fingerprint density at radius 3 is 2.80 bits per heavy atom. The van der Waals surface area contributed by atoms with Gasteiger partial charge in [-0.25, -0.2) is 0 Å². The topological polar surface area (TPSA) is 59.1 Å². The molecule has 0 amide bonds. The quantitative estimate of drug-likeness (QED) is 0.613. The lowest BCUT2D eigenvalue weighted by molar-refractivity contribution is 0.292. The zero-order valence-corrected chi connectivity index (χ0v) is 9.64. The third-order valence-electron chi connectivity index (χ3n) is 2.11. The molecule has 0 spiro atoms. The van der Waals surface area contributed by atoms with E-state index in [1.165, 1.54) is 0 Å². The van der Waals surface area contributed by atoms with Crippen LogP contribution in [0.3, 0.4) is 0 Å². The SMILES string of the molecule is Cc1ccc(OCC(C)C(=N)N)c(Cl)c1. The average Bonchev–Trinajstić information content (AvgIpc) is 2.15. The van der Waals surface area contributed by atoms with Gasteiger partial charge in [-0.2, -0.15) is 0 Å². The van der Waals surface area contributed by atoms with Crippen molar-refractivity contribution in [2.75, 3.05) is 6.61 Å². The van der Waals surface area contributed by atoms with E-state index in [0.717, 1.165) is 5.56 Å². The minimum atomic E-state index is -0.0950. The Bertz CT molecular complexity index is 366. The van der Waals surface area contributed by atoms with Crippen LogP contribution in [0.4, 0.5) is 0 Å². The van der Waals surface area contributed by atoms with Crippen molar-refractivity contribution in [1.82, 2.24) is 0 Å². The Balaban J connectivity index is 2.62. The van der Waals surface area contributed by atoms with Gasteiger partial charge in [-0.1, -0.05) is 24.6 Å². The molecule has 0 saturated carbocycles. The second-order valence-corrected chi connectivity index (χ2v) is 4.01. The summed E-state index contributed by atoms with van der Waals surface area (Å²) < 4.78 is 5.46. The van der Waals surface area contributed by atoms with E-state index in [-0.39, 0.29) is 11.8 Å². The van der Waals surface area contributed by atoms with Gasteiger partial charge in [-0.3, -0.25) is 5.41 Å². The number of nitrogens with two attached hydrogens (primary N) is 1. The summed E-state index contributed by atoms with van der Waals surface area (Å²) in [5.74, 6) is 0.663. The van der Waals surface area contributed by atoms with Crippen LogP contribution in [0.1, 0.15) is 12.5 Å². The number of nitrogens with one attached hydrogen (secondary N) is 1. The number of rotatable bonds is 4. The first-order chi connectivity index (χ1) is 7.00. The molecule has 15 heavy (non-hydrogen) atoms. The van der Waals surface area contributed by atoms with Crippen molar-refractivity contribution in [3.05, 3.63) is 28.8 Å². The highest BCUT2D eigenvalue weighted by Gasteiger charge is 2.07. The van der Waals surface area contributed by atoms with E-state index in [2.05, 4.69) is 0 Å². The van der Waals surface area contributed by atoms with Gasteiger partial charge in [0.2, 0.25) is 0 Å². The molecule has 0 saturated heterocycles. The predicted molar refractivity (Wildman–Crippen MR) is 62.8 cm³/mol. The molecule has 82 valence electrons. The van der Waals surface area contributed by atoms with Gasteiger partial charge < -0.3 is 10.5 Å². The summed E-state index contributed by atoms with van der Waals surface area (Å²) in [4.78, 5) is 0. The minimum absolute atomic E-state index is 0.0950. The maximum absolute atomic E-state index is 7.22. The van der Waals surface area contributed by atoms with Gasteiger partial charge in [0.15, 0.2) is 0 Å². The van der Waals surface area contributed by atoms with Crippen LogP contribution in [-0.4, -0.2) is 12.4 Å². The molecule has 1 aromatic carbocycles. The normalized spacial score (nSPS) is 12.2. The number of hydrogen-bond acceptors (Lipinski definition) is 2. The molecular formula is C11H15ClN2O. The van der Waals surface area contributed by atoms with Crippen LogP contribution < -0.4 is 10.5 Å². The van der Waals surface area contributed by atoms with E-state index in [0.29, 0.717) is 17.4 Å². The fourth-order valence-electron chi connectivity index (χ4n) is 1.03. The molecule has 1 rings (SSSR count). The molecule has 0 bridgehead atoms. The molecular weight excluding hydrogens is 212 g/mol. The first kappa shape index (κ1) is 11.9. The number of benzene rings is 1. The van der Waals surface area contributed by atoms with Crippen molar-refractivity contribution in [2.24, 2.45) is 11.7 Å². The second-order valence-electron chi connectivity index (χ2n) is 3.60. The lowest BCUT2D eigenvalue weighted by Gasteiger charge is -2.12. The molecule has 1 aromatic rings. The summed E-state index contributed by atoms with van der Waals surface area (Å²) in [7, 11) is 0. The van der Waals surface area contributed by atoms with Crippen molar-refractivity contribution in [3.63, 3.8) is 0 Å². The third kappa shape index (κ3) is 3.44. The van der Waals surface area contributed by atoms with Crippen molar-refractivity contribution in [3.8, 4) is 5.75 Å². The standard InChI is InChI=1S/C11H15ClN2O/c1-7-3-4-10(9(12)5-7)15-6-8(2)11(13)14/h3-5,8H,6H2,1-2H3,(H3,13,14). The number of ether oxygens (including phenoxy) is 1. The molecule has 1 atom stereocenters. The summed E-state index contributed by atoms with van der Waals surface area (Å²) >= 11 is 5.98. The van der Waals surface area contributed by atoms with Gasteiger partial charge in [0.1, 0.15) is 5.75 Å². The van der Waals surface area contributed by atoms with Gasteiger partial charge in [-0.15, -0.1) is 0 Å². The molecule has 3 nitrogen and oxygen atoms in total. The van der Waals surface area contributed by atoms with E-state index in [4.69, 9.17) is 27.5 Å². The van der Waals surface area contributed by atoms with Crippen molar-refractivity contribution >= 4 is 17.4 Å². The van der Waals surface area contributed by atoms with Crippen molar-refractivity contribution < 1.29 is 4.74 Å². The largest absolute Gasteiger partial charge is 0.491 e. The zero-order chi connectivity index (χ0) is 11.4. The number of aryl methyl sites for hydroxylation is 1. The molecule has 1 unspecified atom stereocenters. The van der Waals surface area contributed by atoms with Gasteiger partial charge in [-0.05, 0) is 24.6 Å². The van der Waals surface area contributed by atoms with E-state index in [9.17, 15) is 0 Å². The highest BCUT2D eigenvalue weighted by atomic mass is 35.5. The Kier molecular flexibility index (Phi) is 3.97. The highest BCUT2D eigenvalue weighted by molar-refractivity contribution is 6.32. The molecule has 0 aliphatic rings. The van der Waals surface area contributed by atoms with Crippen LogP contribution in [-0.2, 0) is 0 Å². The summed E-state index contributed by atoms with van der Waals surface area (Å²) in [6.07, 6.45) is 0. The Morgan fingerprint density at radius 1 is 1.60 bits per heavy atom. The van der Waals surface area contributed by atoms with Gasteiger partial charge >= 0.3 is 0 Å². The van der Waals surface area contributed by atoms with Crippen LogP contribution in [0.2, 0.25) is 5.02 Å². The zero-order valence-electron chi connectivity index (χ0n) is 8.88. The molecule has 4 heteroatoms. The van der Waals surface area contributed by atoms with Crippen LogP contribution >= 0.6 is 11.6 Å².